The van der Waals surface area contributed by atoms with Gasteiger partial charge in [0.05, 0.1) is 13.1 Å². The molecule has 2 unspecified atom stereocenters. The molecule has 2 aromatic rings. The van der Waals surface area contributed by atoms with Gasteiger partial charge in [-0.2, -0.15) is 0 Å². The molecule has 0 bridgehead atoms. The van der Waals surface area contributed by atoms with Gasteiger partial charge < -0.3 is 28.7 Å². The number of likely N-dealkylation sites (tertiary alicyclic amines) is 2. The summed E-state index contributed by atoms with van der Waals surface area (Å²) in [6, 6.07) is 15.2. The van der Waals surface area contributed by atoms with E-state index in [1.54, 1.807) is 38.1 Å². The van der Waals surface area contributed by atoms with Gasteiger partial charge in [0.25, 0.3) is 11.8 Å². The van der Waals surface area contributed by atoms with Crippen LogP contribution < -0.4 is 9.47 Å². The molecule has 14 nitrogen and oxygen atoms in total. The second kappa shape index (κ2) is 16.6. The average molecular weight is 875 g/mol. The van der Waals surface area contributed by atoms with Gasteiger partial charge in [0.1, 0.15) is 48.0 Å². The van der Waals surface area contributed by atoms with Gasteiger partial charge in [0.2, 0.25) is 0 Å². The van der Waals surface area contributed by atoms with Gasteiger partial charge in [-0.3, -0.25) is 29.2 Å². The molecule has 0 radical (unpaired) electrons. The van der Waals surface area contributed by atoms with E-state index >= 15 is 0 Å². The number of urea groups is 2. The number of amides is 6. The summed E-state index contributed by atoms with van der Waals surface area (Å²) in [7, 11) is 10.8. The standard InChI is InChI=1S/C49H74N6O8/c1-43(2)29-48(30-44(3,4)52(43)13)39(56)54(41(58)50(48)11)25-37(60-15)27-62-35-21-17-33(18-22-35)47(9,10)34-19-23-36(24-20-34)63-28-38(61-16)26-55-40(57)49(51(12)42(55)59)31-45(5,6)53(14)46(7,8)32-49/h17-24,37-38H,25-32H2,1-16H3. The number of likely N-dealkylation sites (N-methyl/N-ethyl adjacent to an activating group) is 2. The van der Waals surface area contributed by atoms with Gasteiger partial charge in [-0.15, -0.1) is 0 Å². The highest BCUT2D eigenvalue weighted by Crippen LogP contribution is 2.50. The highest BCUT2D eigenvalue weighted by molar-refractivity contribution is 6.08. The summed E-state index contributed by atoms with van der Waals surface area (Å²) >= 11 is 0. The maximum atomic E-state index is 14.1. The van der Waals surface area contributed by atoms with Crippen LogP contribution in [0.25, 0.3) is 0 Å². The lowest BCUT2D eigenvalue weighted by atomic mass is 9.68. The van der Waals surface area contributed by atoms with E-state index in [2.05, 4.69) is 93.1 Å². The van der Waals surface area contributed by atoms with Gasteiger partial charge in [-0.1, -0.05) is 38.1 Å². The second-order valence-corrected chi connectivity index (χ2v) is 21.7. The van der Waals surface area contributed by atoms with Crippen molar-refractivity contribution in [2.24, 2.45) is 0 Å². The summed E-state index contributed by atoms with van der Waals surface area (Å²) in [5.41, 5.74) is -1.17. The van der Waals surface area contributed by atoms with Crippen LogP contribution in [0.2, 0.25) is 0 Å². The largest absolute Gasteiger partial charge is 0.491 e. The molecule has 14 heteroatoms. The van der Waals surface area contributed by atoms with Crippen molar-refractivity contribution in [2.45, 2.75) is 146 Å². The van der Waals surface area contributed by atoms with Crippen LogP contribution in [0.3, 0.4) is 0 Å². The monoisotopic (exact) mass is 875 g/mol. The predicted octanol–water partition coefficient (Wildman–Crippen LogP) is 6.63. The van der Waals surface area contributed by atoms with Gasteiger partial charge in [-0.25, -0.2) is 9.59 Å². The number of rotatable bonds is 14. The normalized spacial score (nSPS) is 23.9. The number of hydrogen-bond donors (Lipinski definition) is 0. The molecule has 6 amide bonds. The molecule has 6 rings (SSSR count). The molecule has 4 fully saturated rings. The lowest BCUT2D eigenvalue weighted by molar-refractivity contribution is -0.145. The number of imide groups is 2. The van der Waals surface area contributed by atoms with E-state index in [0.717, 1.165) is 11.1 Å². The Balaban J connectivity index is 1.03. The molecule has 0 aliphatic carbocycles. The Bertz CT molecular complexity index is 1870. The number of ether oxygens (including phenoxy) is 4. The van der Waals surface area contributed by atoms with E-state index in [9.17, 15) is 19.2 Å². The van der Waals surface area contributed by atoms with Crippen LogP contribution in [0, 0.1) is 0 Å². The van der Waals surface area contributed by atoms with Crippen LogP contribution in [0.4, 0.5) is 9.59 Å². The minimum atomic E-state index is -0.915. The van der Waals surface area contributed by atoms with Crippen molar-refractivity contribution in [1.82, 2.24) is 29.4 Å². The number of carbonyl (C=O) groups is 4. The lowest BCUT2D eigenvalue weighted by Crippen LogP contribution is -2.68. The Kier molecular flexibility index (Phi) is 12.7. The Hall–Kier alpha value is -4.24. The third kappa shape index (κ3) is 8.45. The quantitative estimate of drug-likeness (QED) is 0.191. The molecule has 2 atom stereocenters. The third-order valence-corrected chi connectivity index (χ3v) is 15.6. The zero-order valence-corrected chi connectivity index (χ0v) is 40.9. The second-order valence-electron chi connectivity index (χ2n) is 21.7. The Morgan fingerprint density at radius 2 is 0.810 bits per heavy atom. The number of piperidine rings is 2. The summed E-state index contributed by atoms with van der Waals surface area (Å²) in [4.78, 5) is 66.1. The molecule has 4 saturated heterocycles. The first-order chi connectivity index (χ1) is 29.1. The van der Waals surface area contributed by atoms with E-state index in [-0.39, 0.29) is 77.8 Å². The fourth-order valence-electron chi connectivity index (χ4n) is 11.2. The van der Waals surface area contributed by atoms with Crippen molar-refractivity contribution in [3.63, 3.8) is 0 Å². The maximum Gasteiger partial charge on any atom is 0.327 e. The SMILES string of the molecule is COC(COc1ccc(C(C)(C)c2ccc(OCC(CN3C(=O)N(C)C4(CC(C)(C)N(C)C(C)(C)C4)C3=O)OC)cc2)cc1)CN1C(=O)N(C)C2(CC(C)(C)N(C)C(C)(C)C2)C1=O. The van der Waals surface area contributed by atoms with Crippen molar-refractivity contribution in [1.29, 1.82) is 0 Å². The predicted molar refractivity (Wildman–Crippen MR) is 243 cm³/mol. The fraction of sp³-hybridized carbons (Fsp3) is 0.673. The highest BCUT2D eigenvalue weighted by Gasteiger charge is 2.65. The topological polar surface area (TPSA) is 125 Å². The minimum Gasteiger partial charge on any atom is -0.491 e. The van der Waals surface area contributed by atoms with E-state index in [0.29, 0.717) is 37.2 Å². The molecule has 0 aromatic heterocycles. The lowest BCUT2D eigenvalue weighted by Gasteiger charge is -2.57. The van der Waals surface area contributed by atoms with Gasteiger partial charge in [0.15, 0.2) is 0 Å². The Morgan fingerprint density at radius 3 is 1.08 bits per heavy atom. The van der Waals surface area contributed by atoms with Crippen molar-refractivity contribution in [3.05, 3.63) is 59.7 Å². The van der Waals surface area contributed by atoms with Crippen LogP contribution in [0.1, 0.15) is 106 Å². The molecule has 0 N–H and O–H groups in total. The van der Waals surface area contributed by atoms with E-state index in [4.69, 9.17) is 18.9 Å². The van der Waals surface area contributed by atoms with Crippen LogP contribution in [-0.2, 0) is 24.5 Å². The summed E-state index contributed by atoms with van der Waals surface area (Å²) in [6.45, 7) is 21.9. The number of hydrogen-bond acceptors (Lipinski definition) is 10. The maximum absolute atomic E-state index is 14.1. The smallest absolute Gasteiger partial charge is 0.327 e. The molecule has 4 heterocycles. The molecule has 4 aliphatic rings. The molecule has 0 saturated carbocycles. The molecular weight excluding hydrogens is 801 g/mol. The number of carbonyl (C=O) groups excluding carboxylic acids is 4. The average Bonchev–Trinajstić information content (AvgIpc) is 3.47. The zero-order chi connectivity index (χ0) is 46.9. The molecular formula is C49H74N6O8. The van der Waals surface area contributed by atoms with Crippen LogP contribution in [0.15, 0.2) is 48.5 Å². The summed E-state index contributed by atoms with van der Waals surface area (Å²) in [5.74, 6) is 0.953. The fourth-order valence-corrected chi connectivity index (χ4v) is 11.2. The molecule has 348 valence electrons. The van der Waals surface area contributed by atoms with Crippen molar-refractivity contribution < 1.29 is 38.1 Å². The number of benzene rings is 2. The van der Waals surface area contributed by atoms with Gasteiger partial charge in [-0.05, 0) is 131 Å². The first-order valence-corrected chi connectivity index (χ1v) is 22.3. The molecule has 63 heavy (non-hydrogen) atoms. The first-order valence-electron chi connectivity index (χ1n) is 22.3. The van der Waals surface area contributed by atoms with Crippen molar-refractivity contribution >= 4 is 23.9 Å². The Labute approximate surface area is 376 Å². The Morgan fingerprint density at radius 1 is 0.524 bits per heavy atom. The highest BCUT2D eigenvalue weighted by atomic mass is 16.5. The zero-order valence-electron chi connectivity index (χ0n) is 40.9. The van der Waals surface area contributed by atoms with Crippen LogP contribution in [0.5, 0.6) is 11.5 Å². The number of nitrogens with zero attached hydrogens (tertiary/aromatic N) is 6. The van der Waals surface area contributed by atoms with Crippen molar-refractivity contribution in [3.8, 4) is 11.5 Å². The first kappa shape index (κ1) is 48.2. The van der Waals surface area contributed by atoms with Crippen LogP contribution in [-0.4, -0.2) is 167 Å². The molecule has 4 aliphatic heterocycles. The van der Waals surface area contributed by atoms with Crippen molar-refractivity contribution in [2.75, 3.05) is 68.7 Å². The van der Waals surface area contributed by atoms with E-state index in [1.807, 2.05) is 48.5 Å². The molecule has 2 spiro atoms. The summed E-state index contributed by atoms with van der Waals surface area (Å²) in [5, 5.41) is 0. The third-order valence-electron chi connectivity index (χ3n) is 15.6. The number of methoxy groups -OCH3 is 2. The van der Waals surface area contributed by atoms with Gasteiger partial charge in [0, 0.05) is 55.9 Å². The minimum absolute atomic E-state index is 0.0966. The van der Waals surface area contributed by atoms with Gasteiger partial charge >= 0.3 is 12.1 Å². The van der Waals surface area contributed by atoms with E-state index in [1.165, 1.54) is 9.80 Å². The molecule has 2 aromatic carbocycles. The van der Waals surface area contributed by atoms with E-state index < -0.39 is 23.3 Å². The summed E-state index contributed by atoms with van der Waals surface area (Å²) < 4.78 is 23.9. The summed E-state index contributed by atoms with van der Waals surface area (Å²) in [6.07, 6.45) is 1.14. The van der Waals surface area contributed by atoms with Crippen LogP contribution >= 0.6 is 0 Å².